The highest BCUT2D eigenvalue weighted by molar-refractivity contribution is 7.15. The van der Waals surface area contributed by atoms with E-state index in [1.54, 1.807) is 52.6 Å². The summed E-state index contributed by atoms with van der Waals surface area (Å²) in [4.78, 5) is 34.4. The molecule has 1 saturated heterocycles. The average molecular weight is 464 g/mol. The molecule has 0 radical (unpaired) electrons. The molecule has 33 heavy (non-hydrogen) atoms. The van der Waals surface area contributed by atoms with E-state index in [-0.39, 0.29) is 17.3 Å². The molecule has 1 fully saturated rings. The SMILES string of the molecule is O=C(c1ccc(-c2ccco2)[nH]c1=O)N1CCN(Cc2ccc(-c3cccc(F)c3)s2)CC1. The number of amides is 1. The van der Waals surface area contributed by atoms with Gasteiger partial charge in [0.15, 0.2) is 0 Å². The molecule has 5 rings (SSSR count). The van der Waals surface area contributed by atoms with Crippen LogP contribution < -0.4 is 5.56 Å². The molecule has 168 valence electrons. The number of furan rings is 1. The summed E-state index contributed by atoms with van der Waals surface area (Å²) in [5.41, 5.74) is 1.14. The van der Waals surface area contributed by atoms with Gasteiger partial charge in [-0.3, -0.25) is 14.5 Å². The first-order valence-corrected chi connectivity index (χ1v) is 11.5. The Kier molecular flexibility index (Phi) is 5.93. The van der Waals surface area contributed by atoms with Crippen LogP contribution in [-0.4, -0.2) is 46.9 Å². The van der Waals surface area contributed by atoms with E-state index in [2.05, 4.69) is 16.0 Å². The molecule has 1 amide bonds. The fourth-order valence-corrected chi connectivity index (χ4v) is 5.02. The van der Waals surface area contributed by atoms with E-state index in [9.17, 15) is 14.0 Å². The monoisotopic (exact) mass is 463 g/mol. The highest BCUT2D eigenvalue weighted by Gasteiger charge is 2.24. The fourth-order valence-electron chi connectivity index (χ4n) is 3.98. The van der Waals surface area contributed by atoms with Gasteiger partial charge in [-0.1, -0.05) is 12.1 Å². The van der Waals surface area contributed by atoms with Crippen LogP contribution in [0.2, 0.25) is 0 Å². The number of nitrogens with one attached hydrogen (secondary N) is 1. The number of H-pyrrole nitrogens is 1. The molecular formula is C25H22FN3O3S. The van der Waals surface area contributed by atoms with Gasteiger partial charge in [-0.2, -0.15) is 0 Å². The molecule has 4 aromatic rings. The fraction of sp³-hybridized carbons (Fsp3) is 0.200. The average Bonchev–Trinajstić information content (AvgIpc) is 3.52. The van der Waals surface area contributed by atoms with Crippen molar-refractivity contribution in [2.45, 2.75) is 6.54 Å². The largest absolute Gasteiger partial charge is 0.463 e. The second-order valence-electron chi connectivity index (χ2n) is 7.94. The Balaban J connectivity index is 1.19. The van der Waals surface area contributed by atoms with Crippen molar-refractivity contribution in [2.24, 2.45) is 0 Å². The number of hydrogen-bond donors (Lipinski definition) is 1. The lowest BCUT2D eigenvalue weighted by molar-refractivity contribution is 0.0628. The van der Waals surface area contributed by atoms with E-state index in [4.69, 9.17) is 4.42 Å². The van der Waals surface area contributed by atoms with E-state index in [0.29, 0.717) is 24.5 Å². The van der Waals surface area contributed by atoms with Crippen molar-refractivity contribution in [1.29, 1.82) is 0 Å². The number of halogens is 1. The van der Waals surface area contributed by atoms with Gasteiger partial charge in [0.2, 0.25) is 0 Å². The standard InChI is InChI=1S/C25H22FN3O3S/c26-18-4-1-3-17(15-18)23-9-6-19(33-23)16-28-10-12-29(13-11-28)25(31)20-7-8-21(27-24(20)30)22-5-2-14-32-22/h1-9,14-15H,10-13,16H2,(H,27,30). The number of benzene rings is 1. The highest BCUT2D eigenvalue weighted by Crippen LogP contribution is 2.29. The van der Waals surface area contributed by atoms with Crippen molar-refractivity contribution < 1.29 is 13.6 Å². The maximum atomic E-state index is 13.5. The number of pyridine rings is 1. The number of carbonyl (C=O) groups excluding carboxylic acids is 1. The molecule has 0 unspecified atom stereocenters. The van der Waals surface area contributed by atoms with Gasteiger partial charge in [0.05, 0.1) is 12.0 Å². The zero-order chi connectivity index (χ0) is 22.8. The predicted molar refractivity (Wildman–Crippen MR) is 126 cm³/mol. The molecule has 0 aliphatic carbocycles. The smallest absolute Gasteiger partial charge is 0.261 e. The lowest BCUT2D eigenvalue weighted by Crippen LogP contribution is -2.49. The lowest BCUT2D eigenvalue weighted by Gasteiger charge is -2.34. The number of thiophene rings is 1. The van der Waals surface area contributed by atoms with Gasteiger partial charge >= 0.3 is 0 Å². The summed E-state index contributed by atoms with van der Waals surface area (Å²) in [5, 5.41) is 0. The summed E-state index contributed by atoms with van der Waals surface area (Å²) in [7, 11) is 0. The Morgan fingerprint density at radius 1 is 1.03 bits per heavy atom. The van der Waals surface area contributed by atoms with Gasteiger partial charge in [-0.25, -0.2) is 4.39 Å². The third-order valence-corrected chi connectivity index (χ3v) is 6.86. The molecule has 0 spiro atoms. The summed E-state index contributed by atoms with van der Waals surface area (Å²) in [6.45, 7) is 3.34. The van der Waals surface area contributed by atoms with E-state index in [1.165, 1.54) is 17.2 Å². The zero-order valence-electron chi connectivity index (χ0n) is 17.8. The van der Waals surface area contributed by atoms with Crippen LogP contribution >= 0.6 is 11.3 Å². The minimum absolute atomic E-state index is 0.136. The summed E-state index contributed by atoms with van der Waals surface area (Å²) in [6, 6.07) is 17.5. The van der Waals surface area contributed by atoms with Gasteiger partial charge in [0.1, 0.15) is 17.1 Å². The van der Waals surface area contributed by atoms with Crippen molar-refractivity contribution in [1.82, 2.24) is 14.8 Å². The summed E-state index contributed by atoms with van der Waals surface area (Å²) < 4.78 is 18.8. The van der Waals surface area contributed by atoms with Crippen LogP contribution in [-0.2, 0) is 6.54 Å². The molecule has 1 aliphatic rings. The quantitative estimate of drug-likeness (QED) is 0.475. The van der Waals surface area contributed by atoms with Gasteiger partial charge in [0, 0.05) is 42.5 Å². The highest BCUT2D eigenvalue weighted by atomic mass is 32.1. The first-order chi connectivity index (χ1) is 16.1. The van der Waals surface area contributed by atoms with Gasteiger partial charge in [-0.15, -0.1) is 11.3 Å². The molecular weight excluding hydrogens is 441 g/mol. The van der Waals surface area contributed by atoms with E-state index >= 15 is 0 Å². The van der Waals surface area contributed by atoms with Crippen molar-refractivity contribution in [3.05, 3.63) is 93.5 Å². The van der Waals surface area contributed by atoms with Crippen LogP contribution in [0, 0.1) is 5.82 Å². The lowest BCUT2D eigenvalue weighted by atomic mass is 10.2. The van der Waals surface area contributed by atoms with Crippen LogP contribution in [0.3, 0.4) is 0 Å². The molecule has 0 saturated carbocycles. The number of aromatic amines is 1. The van der Waals surface area contributed by atoms with E-state index in [0.717, 1.165) is 30.1 Å². The second-order valence-corrected chi connectivity index (χ2v) is 9.11. The van der Waals surface area contributed by atoms with Crippen LogP contribution in [0.25, 0.3) is 21.9 Å². The Morgan fingerprint density at radius 2 is 1.88 bits per heavy atom. The third kappa shape index (κ3) is 4.67. The molecule has 6 nitrogen and oxygen atoms in total. The number of aromatic nitrogens is 1. The topological polar surface area (TPSA) is 69.5 Å². The summed E-state index contributed by atoms with van der Waals surface area (Å²) in [6.07, 6.45) is 1.53. The van der Waals surface area contributed by atoms with Crippen molar-refractivity contribution in [2.75, 3.05) is 26.2 Å². The minimum atomic E-state index is -0.417. The van der Waals surface area contributed by atoms with Crippen LogP contribution in [0.1, 0.15) is 15.2 Å². The van der Waals surface area contributed by atoms with Gasteiger partial charge in [-0.05, 0) is 54.1 Å². The van der Waals surface area contributed by atoms with Crippen LogP contribution in [0.5, 0.6) is 0 Å². The van der Waals surface area contributed by atoms with Gasteiger partial charge < -0.3 is 14.3 Å². The van der Waals surface area contributed by atoms with Crippen LogP contribution in [0.4, 0.5) is 4.39 Å². The molecule has 1 aromatic carbocycles. The maximum Gasteiger partial charge on any atom is 0.261 e. The third-order valence-electron chi connectivity index (χ3n) is 5.74. The molecule has 8 heteroatoms. The Bertz CT molecular complexity index is 1320. The summed E-state index contributed by atoms with van der Waals surface area (Å²) >= 11 is 1.65. The van der Waals surface area contributed by atoms with Crippen molar-refractivity contribution in [3.63, 3.8) is 0 Å². The maximum absolute atomic E-state index is 13.5. The molecule has 4 heterocycles. The van der Waals surface area contributed by atoms with Crippen LogP contribution in [0.15, 0.2) is 76.1 Å². The summed E-state index contributed by atoms with van der Waals surface area (Å²) in [5.74, 6) is 0.0536. The number of carbonyl (C=O) groups is 1. The van der Waals surface area contributed by atoms with E-state index < -0.39 is 5.56 Å². The number of nitrogens with zero attached hydrogens (tertiary/aromatic N) is 2. The first kappa shape index (κ1) is 21.4. The van der Waals surface area contributed by atoms with Gasteiger partial charge in [0.25, 0.3) is 11.5 Å². The predicted octanol–water partition coefficient (Wildman–Crippen LogP) is 4.46. The number of rotatable bonds is 5. The van der Waals surface area contributed by atoms with E-state index in [1.807, 2.05) is 12.1 Å². The Morgan fingerprint density at radius 3 is 2.61 bits per heavy atom. The first-order valence-electron chi connectivity index (χ1n) is 10.7. The number of piperazine rings is 1. The molecule has 1 N–H and O–H groups in total. The Labute approximate surface area is 193 Å². The normalized spacial score (nSPS) is 14.5. The second kappa shape index (κ2) is 9.17. The number of hydrogen-bond acceptors (Lipinski definition) is 5. The molecule has 0 atom stereocenters. The minimum Gasteiger partial charge on any atom is -0.463 e. The Hall–Kier alpha value is -3.49. The molecule has 0 bridgehead atoms. The molecule has 1 aliphatic heterocycles. The zero-order valence-corrected chi connectivity index (χ0v) is 18.6. The van der Waals surface area contributed by atoms with Crippen molar-refractivity contribution in [3.8, 4) is 21.9 Å². The molecule has 3 aromatic heterocycles. The van der Waals surface area contributed by atoms with Crippen molar-refractivity contribution >= 4 is 17.2 Å².